The molecule has 1 rings (SSSR count). The fourth-order valence-electron chi connectivity index (χ4n) is 1.30. The van der Waals surface area contributed by atoms with Crippen LogP contribution in [0.25, 0.3) is 0 Å². The first kappa shape index (κ1) is 14.6. The number of aliphatic hydroxyl groups excluding tert-OH is 2. The van der Waals surface area contributed by atoms with Crippen LogP contribution in [-0.2, 0) is 10.0 Å². The molecule has 0 bridgehead atoms. The molecule has 0 unspecified atom stereocenters. The Morgan fingerprint density at radius 1 is 1.17 bits per heavy atom. The highest BCUT2D eigenvalue weighted by Crippen LogP contribution is 2.08. The van der Waals surface area contributed by atoms with Crippen molar-refractivity contribution in [2.75, 3.05) is 26.3 Å². The van der Waals surface area contributed by atoms with Gasteiger partial charge in [0.1, 0.15) is 0 Å². The fourth-order valence-corrected chi connectivity index (χ4v) is 2.72. The summed E-state index contributed by atoms with van der Waals surface area (Å²) in [6.45, 7) is -1.44. The second-order valence-corrected chi connectivity index (χ2v) is 5.19. The van der Waals surface area contributed by atoms with E-state index >= 15 is 0 Å². The van der Waals surface area contributed by atoms with E-state index in [1.165, 1.54) is 0 Å². The van der Waals surface area contributed by atoms with Crippen molar-refractivity contribution in [3.63, 3.8) is 0 Å². The zero-order valence-electron chi connectivity index (χ0n) is 9.29. The standard InChI is InChI=1S/C8H13N3O6S/c12-3-1-11(2-4-13)18(16,17)6-5-9-8(15)10-7(6)14/h5,12-13H,1-4H2,(H2,9,10,14,15). The van der Waals surface area contributed by atoms with Crippen molar-refractivity contribution in [3.8, 4) is 0 Å². The molecule has 102 valence electrons. The van der Waals surface area contributed by atoms with Crippen molar-refractivity contribution < 1.29 is 18.6 Å². The number of aromatic amines is 2. The summed E-state index contributed by atoms with van der Waals surface area (Å²) in [5.41, 5.74) is -1.88. The monoisotopic (exact) mass is 279 g/mol. The van der Waals surface area contributed by atoms with E-state index in [1.54, 1.807) is 4.98 Å². The molecule has 0 fully saturated rings. The third kappa shape index (κ3) is 3.04. The molecule has 0 radical (unpaired) electrons. The molecule has 0 aromatic carbocycles. The first-order valence-corrected chi connectivity index (χ1v) is 6.41. The van der Waals surface area contributed by atoms with Crippen LogP contribution in [0.1, 0.15) is 0 Å². The fraction of sp³-hybridized carbons (Fsp3) is 0.500. The molecule has 4 N–H and O–H groups in total. The normalized spacial score (nSPS) is 11.9. The number of hydrogen-bond donors (Lipinski definition) is 4. The molecule has 0 saturated carbocycles. The van der Waals surface area contributed by atoms with Gasteiger partial charge in [0.25, 0.3) is 5.56 Å². The summed E-state index contributed by atoms with van der Waals surface area (Å²) in [6, 6.07) is 0. The number of rotatable bonds is 6. The van der Waals surface area contributed by atoms with Gasteiger partial charge in [0.2, 0.25) is 10.0 Å². The summed E-state index contributed by atoms with van der Waals surface area (Å²) in [7, 11) is -4.17. The van der Waals surface area contributed by atoms with Crippen molar-refractivity contribution in [2.45, 2.75) is 4.90 Å². The predicted octanol–water partition coefficient (Wildman–Crippen LogP) is -2.96. The van der Waals surface area contributed by atoms with Crippen LogP contribution in [0.4, 0.5) is 0 Å². The smallest absolute Gasteiger partial charge is 0.325 e. The second-order valence-electron chi connectivity index (χ2n) is 3.29. The SMILES string of the molecule is O=c1[nH]cc(S(=O)(=O)N(CCO)CCO)c(=O)[nH]1. The molecule has 0 amide bonds. The Hall–Kier alpha value is -1.49. The summed E-state index contributed by atoms with van der Waals surface area (Å²) in [4.78, 5) is 25.4. The van der Waals surface area contributed by atoms with Gasteiger partial charge < -0.3 is 15.2 Å². The topological polar surface area (TPSA) is 144 Å². The van der Waals surface area contributed by atoms with Crippen LogP contribution >= 0.6 is 0 Å². The highest BCUT2D eigenvalue weighted by Gasteiger charge is 2.26. The van der Waals surface area contributed by atoms with Gasteiger partial charge in [-0.05, 0) is 0 Å². The summed E-state index contributed by atoms with van der Waals surface area (Å²) in [5, 5.41) is 17.5. The molecule has 10 heteroatoms. The van der Waals surface area contributed by atoms with Gasteiger partial charge in [-0.25, -0.2) is 13.2 Å². The zero-order valence-corrected chi connectivity index (χ0v) is 10.1. The Kier molecular flexibility index (Phi) is 4.78. The van der Waals surface area contributed by atoms with Gasteiger partial charge in [-0.1, -0.05) is 0 Å². The van der Waals surface area contributed by atoms with Crippen molar-refractivity contribution in [3.05, 3.63) is 27.0 Å². The first-order valence-electron chi connectivity index (χ1n) is 4.97. The molecule has 18 heavy (non-hydrogen) atoms. The van der Waals surface area contributed by atoms with E-state index in [9.17, 15) is 18.0 Å². The van der Waals surface area contributed by atoms with E-state index in [0.717, 1.165) is 10.5 Å². The van der Waals surface area contributed by atoms with Gasteiger partial charge in [0.15, 0.2) is 4.90 Å². The Bertz CT molecular complexity index is 598. The highest BCUT2D eigenvalue weighted by molar-refractivity contribution is 7.89. The van der Waals surface area contributed by atoms with E-state index in [4.69, 9.17) is 10.2 Å². The number of sulfonamides is 1. The van der Waals surface area contributed by atoms with E-state index in [2.05, 4.69) is 0 Å². The number of nitrogens with zero attached hydrogens (tertiary/aromatic N) is 1. The van der Waals surface area contributed by atoms with Gasteiger partial charge in [0.05, 0.1) is 13.2 Å². The molecule has 1 aromatic heterocycles. The number of aliphatic hydroxyl groups is 2. The van der Waals surface area contributed by atoms with Crippen LogP contribution in [0.15, 0.2) is 20.7 Å². The van der Waals surface area contributed by atoms with Crippen molar-refractivity contribution in [1.82, 2.24) is 14.3 Å². The quantitative estimate of drug-likeness (QED) is 0.438. The average Bonchev–Trinajstić information content (AvgIpc) is 2.28. The minimum atomic E-state index is -4.17. The molecule has 0 saturated heterocycles. The van der Waals surface area contributed by atoms with Crippen LogP contribution in [0.3, 0.4) is 0 Å². The van der Waals surface area contributed by atoms with Gasteiger partial charge in [-0.3, -0.25) is 9.78 Å². The maximum Gasteiger partial charge on any atom is 0.325 e. The summed E-state index contributed by atoms with van der Waals surface area (Å²) < 4.78 is 24.8. The van der Waals surface area contributed by atoms with Gasteiger partial charge in [-0.15, -0.1) is 0 Å². The third-order valence-electron chi connectivity index (χ3n) is 2.10. The first-order chi connectivity index (χ1) is 8.43. The van der Waals surface area contributed by atoms with Crippen LogP contribution < -0.4 is 11.2 Å². The lowest BCUT2D eigenvalue weighted by atomic mass is 10.6. The van der Waals surface area contributed by atoms with E-state index in [-0.39, 0.29) is 13.1 Å². The zero-order chi connectivity index (χ0) is 13.8. The molecule has 1 aromatic rings. The number of hydrogen-bond acceptors (Lipinski definition) is 6. The average molecular weight is 279 g/mol. The minimum absolute atomic E-state index is 0.262. The number of nitrogens with one attached hydrogen (secondary N) is 2. The highest BCUT2D eigenvalue weighted by atomic mass is 32.2. The lowest BCUT2D eigenvalue weighted by molar-refractivity contribution is 0.217. The van der Waals surface area contributed by atoms with Gasteiger partial charge in [0, 0.05) is 19.3 Å². The molecular formula is C8H13N3O6S. The third-order valence-corrected chi connectivity index (χ3v) is 4.01. The molecular weight excluding hydrogens is 266 g/mol. The lowest BCUT2D eigenvalue weighted by Crippen LogP contribution is -2.39. The summed E-state index contributed by atoms with van der Waals surface area (Å²) >= 11 is 0. The van der Waals surface area contributed by atoms with Crippen LogP contribution in [0.5, 0.6) is 0 Å². The van der Waals surface area contributed by atoms with Crippen molar-refractivity contribution >= 4 is 10.0 Å². The molecule has 9 nitrogen and oxygen atoms in total. The van der Waals surface area contributed by atoms with E-state index < -0.39 is 39.4 Å². The maximum atomic E-state index is 12.0. The second kappa shape index (κ2) is 5.91. The molecule has 0 atom stereocenters. The molecule has 1 heterocycles. The minimum Gasteiger partial charge on any atom is -0.395 e. The number of H-pyrrole nitrogens is 2. The van der Waals surface area contributed by atoms with Crippen molar-refractivity contribution in [1.29, 1.82) is 0 Å². The van der Waals surface area contributed by atoms with Crippen molar-refractivity contribution in [2.24, 2.45) is 0 Å². The van der Waals surface area contributed by atoms with Crippen LogP contribution in [-0.4, -0.2) is 59.2 Å². The Balaban J connectivity index is 3.26. The Morgan fingerprint density at radius 2 is 1.72 bits per heavy atom. The van der Waals surface area contributed by atoms with E-state index in [0.29, 0.717) is 0 Å². The largest absolute Gasteiger partial charge is 0.395 e. The van der Waals surface area contributed by atoms with Gasteiger partial charge in [-0.2, -0.15) is 4.31 Å². The van der Waals surface area contributed by atoms with Crippen LogP contribution in [0, 0.1) is 0 Å². The Labute approximate surface area is 102 Å². The number of aromatic nitrogens is 2. The lowest BCUT2D eigenvalue weighted by Gasteiger charge is -2.19. The predicted molar refractivity (Wildman–Crippen MR) is 60.6 cm³/mol. The van der Waals surface area contributed by atoms with Crippen LogP contribution in [0.2, 0.25) is 0 Å². The molecule has 0 aliphatic carbocycles. The molecule has 0 aliphatic heterocycles. The summed E-state index contributed by atoms with van der Waals surface area (Å²) in [5.74, 6) is 0. The Morgan fingerprint density at radius 3 is 2.17 bits per heavy atom. The molecule has 0 spiro atoms. The summed E-state index contributed by atoms with van der Waals surface area (Å²) in [6.07, 6.45) is 0.776. The molecule has 0 aliphatic rings. The van der Waals surface area contributed by atoms with E-state index in [1.807, 2.05) is 4.98 Å². The maximum absolute atomic E-state index is 12.0. The van der Waals surface area contributed by atoms with Gasteiger partial charge >= 0.3 is 5.69 Å².